The maximum Gasteiger partial charge on any atom is 0.251 e. The lowest BCUT2D eigenvalue weighted by Crippen LogP contribution is -2.44. The molecule has 1 aliphatic heterocycles. The zero-order valence-electron chi connectivity index (χ0n) is 18.0. The SMILES string of the molecule is CC1CC1OCc1cc(C(=O)N[C@@H]2CCNC2Cc2cccc(Cl)c2)cc(N(C)S)c1. The van der Waals surface area contributed by atoms with Gasteiger partial charge in [0.2, 0.25) is 0 Å². The summed E-state index contributed by atoms with van der Waals surface area (Å²) in [5.74, 6) is 0.563. The van der Waals surface area contributed by atoms with Crippen molar-refractivity contribution in [3.63, 3.8) is 0 Å². The Hall–Kier alpha value is -1.73. The van der Waals surface area contributed by atoms with E-state index >= 15 is 0 Å². The van der Waals surface area contributed by atoms with Crippen LogP contribution in [-0.2, 0) is 17.8 Å². The van der Waals surface area contributed by atoms with Gasteiger partial charge in [-0.05, 0) is 73.2 Å². The largest absolute Gasteiger partial charge is 0.373 e. The Morgan fingerprint density at radius 2 is 2.10 bits per heavy atom. The number of benzene rings is 2. The fourth-order valence-corrected chi connectivity index (χ4v) is 4.45. The summed E-state index contributed by atoms with van der Waals surface area (Å²) in [5, 5.41) is 7.49. The maximum absolute atomic E-state index is 13.1. The first-order chi connectivity index (χ1) is 14.9. The predicted molar refractivity (Wildman–Crippen MR) is 129 cm³/mol. The van der Waals surface area contributed by atoms with Gasteiger partial charge in [0.25, 0.3) is 5.91 Å². The first-order valence-corrected chi connectivity index (χ1v) is 11.6. The van der Waals surface area contributed by atoms with Crippen molar-refractivity contribution in [2.24, 2.45) is 5.92 Å². The van der Waals surface area contributed by atoms with Crippen molar-refractivity contribution in [3.05, 3.63) is 64.2 Å². The van der Waals surface area contributed by atoms with Crippen LogP contribution >= 0.6 is 24.4 Å². The Morgan fingerprint density at radius 3 is 2.81 bits per heavy atom. The third kappa shape index (κ3) is 5.95. The summed E-state index contributed by atoms with van der Waals surface area (Å²) in [7, 11) is 1.86. The molecule has 2 aromatic rings. The van der Waals surface area contributed by atoms with Gasteiger partial charge in [0.05, 0.1) is 12.7 Å². The second-order valence-corrected chi connectivity index (χ2v) is 9.77. The van der Waals surface area contributed by atoms with Crippen LogP contribution in [0, 0.1) is 5.92 Å². The maximum atomic E-state index is 13.1. The highest BCUT2D eigenvalue weighted by atomic mass is 35.5. The number of carbonyl (C=O) groups excluding carboxylic acids is 1. The normalized spacial score (nSPS) is 24.8. The van der Waals surface area contributed by atoms with Crippen molar-refractivity contribution in [2.45, 2.75) is 51.0 Å². The topological polar surface area (TPSA) is 53.6 Å². The van der Waals surface area contributed by atoms with Crippen molar-refractivity contribution in [1.82, 2.24) is 10.6 Å². The van der Waals surface area contributed by atoms with E-state index in [2.05, 4.69) is 36.4 Å². The lowest BCUT2D eigenvalue weighted by atomic mass is 10.00. The zero-order valence-corrected chi connectivity index (χ0v) is 19.6. The first-order valence-electron chi connectivity index (χ1n) is 10.9. The number of carbonyl (C=O) groups is 1. The van der Waals surface area contributed by atoms with E-state index in [9.17, 15) is 4.79 Å². The smallest absolute Gasteiger partial charge is 0.251 e. The van der Waals surface area contributed by atoms with E-state index in [0.717, 1.165) is 42.1 Å². The van der Waals surface area contributed by atoms with Gasteiger partial charge in [-0.15, -0.1) is 0 Å². The minimum absolute atomic E-state index is 0.0656. The van der Waals surface area contributed by atoms with Crippen LogP contribution < -0.4 is 14.9 Å². The van der Waals surface area contributed by atoms with Gasteiger partial charge in [-0.2, -0.15) is 0 Å². The van der Waals surface area contributed by atoms with Crippen molar-refractivity contribution in [3.8, 4) is 0 Å². The Balaban J connectivity index is 1.44. The predicted octanol–water partition coefficient (Wildman–Crippen LogP) is 4.25. The second-order valence-electron chi connectivity index (χ2n) is 8.74. The van der Waals surface area contributed by atoms with E-state index < -0.39 is 0 Å². The summed E-state index contributed by atoms with van der Waals surface area (Å²) in [4.78, 5) is 13.1. The molecule has 2 aliphatic rings. The molecule has 1 amide bonds. The molecule has 1 heterocycles. The Morgan fingerprint density at radius 1 is 1.29 bits per heavy atom. The molecule has 4 atom stereocenters. The van der Waals surface area contributed by atoms with Crippen LogP contribution in [0.4, 0.5) is 5.69 Å². The quantitative estimate of drug-likeness (QED) is 0.516. The van der Waals surface area contributed by atoms with Gasteiger partial charge in [0.15, 0.2) is 0 Å². The number of nitrogens with one attached hydrogen (secondary N) is 2. The Labute approximate surface area is 195 Å². The average molecular weight is 460 g/mol. The van der Waals surface area contributed by atoms with Crippen molar-refractivity contribution in [2.75, 3.05) is 17.9 Å². The number of nitrogens with zero attached hydrogens (tertiary/aromatic N) is 1. The van der Waals surface area contributed by atoms with E-state index in [1.807, 2.05) is 43.4 Å². The lowest BCUT2D eigenvalue weighted by molar-refractivity contribution is 0.0929. The second kappa shape index (κ2) is 9.82. The number of hydrogen-bond acceptors (Lipinski definition) is 5. The van der Waals surface area contributed by atoms with E-state index in [0.29, 0.717) is 24.2 Å². The molecule has 4 rings (SSSR count). The lowest BCUT2D eigenvalue weighted by Gasteiger charge is -2.22. The molecule has 2 aromatic carbocycles. The summed E-state index contributed by atoms with van der Waals surface area (Å²) < 4.78 is 7.67. The standard InChI is InChI=1S/C24H30ClN3O2S/c1-15-8-23(15)30-14-17-9-18(13-20(11-17)28(2)31)24(29)27-21-6-7-26-22(21)12-16-4-3-5-19(25)10-16/h3-5,9-11,13,15,21-23,26,31H,6-8,12,14H2,1-2H3,(H,27,29)/t15?,21-,22?,23?/m1/s1. The molecule has 0 bridgehead atoms. The first kappa shape index (κ1) is 22.5. The van der Waals surface area contributed by atoms with Gasteiger partial charge < -0.3 is 19.7 Å². The van der Waals surface area contributed by atoms with Gasteiger partial charge in [0.1, 0.15) is 0 Å². The van der Waals surface area contributed by atoms with Gasteiger partial charge in [0, 0.05) is 35.4 Å². The molecule has 5 nitrogen and oxygen atoms in total. The molecule has 3 unspecified atom stereocenters. The summed E-state index contributed by atoms with van der Waals surface area (Å²) in [6, 6.07) is 14.0. The molecule has 1 saturated carbocycles. The molecule has 1 saturated heterocycles. The van der Waals surface area contributed by atoms with Crippen LogP contribution in [-0.4, -0.2) is 37.7 Å². The third-order valence-corrected chi connectivity index (χ3v) is 6.59. The fourth-order valence-electron chi connectivity index (χ4n) is 4.12. The Kier molecular flexibility index (Phi) is 7.12. The van der Waals surface area contributed by atoms with Gasteiger partial charge >= 0.3 is 0 Å². The molecule has 0 radical (unpaired) electrons. The van der Waals surface area contributed by atoms with Crippen LogP contribution in [0.1, 0.15) is 41.3 Å². The molecular formula is C24H30ClN3O2S. The number of anilines is 1. The van der Waals surface area contributed by atoms with Crippen molar-refractivity contribution in [1.29, 1.82) is 0 Å². The minimum atomic E-state index is -0.0668. The highest BCUT2D eigenvalue weighted by Crippen LogP contribution is 2.33. The summed E-state index contributed by atoms with van der Waals surface area (Å²) in [6.07, 6.45) is 3.18. The molecular weight excluding hydrogens is 430 g/mol. The number of thiol groups is 1. The Bertz CT molecular complexity index is 939. The molecule has 0 spiro atoms. The van der Waals surface area contributed by atoms with Gasteiger partial charge in [-0.25, -0.2) is 0 Å². The number of ether oxygens (including phenoxy) is 1. The van der Waals surface area contributed by atoms with E-state index in [4.69, 9.17) is 16.3 Å². The van der Waals surface area contributed by atoms with Crippen LogP contribution in [0.5, 0.6) is 0 Å². The molecule has 7 heteroatoms. The molecule has 1 aliphatic carbocycles. The van der Waals surface area contributed by atoms with Crippen molar-refractivity contribution < 1.29 is 9.53 Å². The molecule has 0 aromatic heterocycles. The van der Waals surface area contributed by atoms with Crippen LogP contribution in [0.25, 0.3) is 0 Å². The molecule has 2 fully saturated rings. The monoisotopic (exact) mass is 459 g/mol. The van der Waals surface area contributed by atoms with E-state index in [1.54, 1.807) is 4.31 Å². The van der Waals surface area contributed by atoms with Crippen LogP contribution in [0.3, 0.4) is 0 Å². The fraction of sp³-hybridized carbons (Fsp3) is 0.458. The van der Waals surface area contributed by atoms with Gasteiger partial charge in [-0.3, -0.25) is 4.79 Å². The van der Waals surface area contributed by atoms with E-state index in [-0.39, 0.29) is 18.0 Å². The van der Waals surface area contributed by atoms with Crippen molar-refractivity contribution >= 4 is 36.0 Å². The van der Waals surface area contributed by atoms with Crippen LogP contribution in [0.2, 0.25) is 5.02 Å². The summed E-state index contributed by atoms with van der Waals surface area (Å²) in [5.41, 5.74) is 3.66. The zero-order chi connectivity index (χ0) is 22.0. The molecule has 2 N–H and O–H groups in total. The summed E-state index contributed by atoms with van der Waals surface area (Å²) in [6.45, 7) is 3.58. The van der Waals surface area contributed by atoms with E-state index in [1.165, 1.54) is 5.56 Å². The van der Waals surface area contributed by atoms with Gasteiger partial charge in [-0.1, -0.05) is 43.5 Å². The number of amides is 1. The highest BCUT2D eigenvalue weighted by molar-refractivity contribution is 7.81. The van der Waals surface area contributed by atoms with Crippen LogP contribution in [0.15, 0.2) is 42.5 Å². The number of hydrogen-bond donors (Lipinski definition) is 3. The number of rotatable bonds is 8. The third-order valence-electron chi connectivity index (χ3n) is 6.12. The molecule has 31 heavy (non-hydrogen) atoms. The minimum Gasteiger partial charge on any atom is -0.373 e. The summed E-state index contributed by atoms with van der Waals surface area (Å²) >= 11 is 10.6. The highest BCUT2D eigenvalue weighted by Gasteiger charge is 2.33. The molecule has 166 valence electrons. The average Bonchev–Trinajstić information content (AvgIpc) is 3.28. The number of halogens is 1.